The molecule has 0 saturated heterocycles. The molecule has 1 aromatic heterocycles. The van der Waals surface area contributed by atoms with Crippen LogP contribution in [0.1, 0.15) is 16.7 Å². The zero-order valence-corrected chi connectivity index (χ0v) is 17.6. The fourth-order valence-corrected chi connectivity index (χ4v) is 3.29. The highest BCUT2D eigenvalue weighted by Gasteiger charge is 2.09. The van der Waals surface area contributed by atoms with Crippen LogP contribution in [0.15, 0.2) is 65.4 Å². The van der Waals surface area contributed by atoms with Crippen molar-refractivity contribution in [2.75, 3.05) is 11.9 Å². The lowest BCUT2D eigenvalue weighted by molar-refractivity contribution is -0.115. The van der Waals surface area contributed by atoms with Crippen molar-refractivity contribution < 1.29 is 9.59 Å². The van der Waals surface area contributed by atoms with Crippen LogP contribution >= 0.6 is 15.9 Å². The largest absolute Gasteiger partial charge is 0.334 e. The van der Waals surface area contributed by atoms with E-state index in [-0.39, 0.29) is 12.5 Å². The fourth-order valence-electron chi connectivity index (χ4n) is 2.81. The van der Waals surface area contributed by atoms with Crippen molar-refractivity contribution in [1.82, 2.24) is 20.4 Å². The molecule has 1 heterocycles. The normalized spacial score (nSPS) is 10.4. The van der Waals surface area contributed by atoms with Gasteiger partial charge in [-0.2, -0.15) is 5.10 Å². The molecule has 2 aromatic carbocycles. The molecule has 150 valence electrons. The summed E-state index contributed by atoms with van der Waals surface area (Å²) >= 11 is 3.39. The van der Waals surface area contributed by atoms with Crippen molar-refractivity contribution in [3.05, 3.63) is 82.1 Å². The third-order valence-corrected chi connectivity index (χ3v) is 4.81. The van der Waals surface area contributed by atoms with Gasteiger partial charge >= 0.3 is 6.03 Å². The van der Waals surface area contributed by atoms with Crippen LogP contribution in [0.5, 0.6) is 0 Å². The summed E-state index contributed by atoms with van der Waals surface area (Å²) in [6, 6.07) is 14.9. The number of urea groups is 1. The molecule has 0 aliphatic carbocycles. The number of nitrogens with zero attached hydrogens (tertiary/aromatic N) is 2. The molecule has 0 bridgehead atoms. The van der Waals surface area contributed by atoms with Crippen LogP contribution in [0.25, 0.3) is 0 Å². The number of hydrogen-bond acceptors (Lipinski definition) is 3. The van der Waals surface area contributed by atoms with Crippen molar-refractivity contribution in [1.29, 1.82) is 0 Å². The maximum absolute atomic E-state index is 12.1. The maximum atomic E-state index is 12.1. The third-order valence-electron chi connectivity index (χ3n) is 4.32. The van der Waals surface area contributed by atoms with Crippen LogP contribution in [0, 0.1) is 6.92 Å². The predicted octanol–water partition coefficient (Wildman–Crippen LogP) is 3.44. The van der Waals surface area contributed by atoms with Crippen molar-refractivity contribution in [3.8, 4) is 0 Å². The molecular weight excluding hydrogens is 434 g/mol. The van der Waals surface area contributed by atoms with Crippen LogP contribution in [0.4, 0.5) is 10.5 Å². The number of carbonyl (C=O) groups excluding carboxylic acids is 2. The van der Waals surface area contributed by atoms with E-state index in [0.717, 1.165) is 21.2 Å². The van der Waals surface area contributed by atoms with E-state index in [1.165, 1.54) is 0 Å². The lowest BCUT2D eigenvalue weighted by Gasteiger charge is -2.12. The highest BCUT2D eigenvalue weighted by atomic mass is 79.9. The predicted molar refractivity (Wildman–Crippen MR) is 116 cm³/mol. The Morgan fingerprint density at radius 2 is 1.86 bits per heavy atom. The first-order valence-corrected chi connectivity index (χ1v) is 9.92. The van der Waals surface area contributed by atoms with Gasteiger partial charge in [0.15, 0.2) is 0 Å². The van der Waals surface area contributed by atoms with Gasteiger partial charge in [0, 0.05) is 29.1 Å². The first-order valence-electron chi connectivity index (χ1n) is 9.13. The van der Waals surface area contributed by atoms with Gasteiger partial charge in [-0.15, -0.1) is 0 Å². The second-order valence-electron chi connectivity index (χ2n) is 6.52. The summed E-state index contributed by atoms with van der Waals surface area (Å²) in [4.78, 5) is 24.2. The molecule has 3 rings (SSSR count). The Kier molecular flexibility index (Phi) is 7.02. The van der Waals surface area contributed by atoms with Gasteiger partial charge in [-0.1, -0.05) is 40.2 Å². The molecule has 8 heteroatoms. The van der Waals surface area contributed by atoms with Crippen LogP contribution < -0.4 is 16.0 Å². The number of halogens is 1. The minimum atomic E-state index is -0.401. The number of carbonyl (C=O) groups is 2. The molecule has 29 heavy (non-hydrogen) atoms. The topological polar surface area (TPSA) is 88.0 Å². The quantitative estimate of drug-likeness (QED) is 0.509. The minimum absolute atomic E-state index is 0.115. The summed E-state index contributed by atoms with van der Waals surface area (Å²) in [6.45, 7) is 2.77. The van der Waals surface area contributed by atoms with Gasteiger partial charge in [0.2, 0.25) is 5.91 Å². The molecule has 7 nitrogen and oxygen atoms in total. The van der Waals surface area contributed by atoms with E-state index in [1.54, 1.807) is 6.20 Å². The van der Waals surface area contributed by atoms with Crippen LogP contribution in [0.3, 0.4) is 0 Å². The Bertz CT molecular complexity index is 988. The van der Waals surface area contributed by atoms with Crippen LogP contribution in [-0.4, -0.2) is 28.3 Å². The first-order chi connectivity index (χ1) is 14.0. The number of hydrogen-bond donors (Lipinski definition) is 3. The summed E-state index contributed by atoms with van der Waals surface area (Å²) in [5, 5.41) is 12.4. The Hall–Kier alpha value is -3.13. The second kappa shape index (κ2) is 9.88. The number of nitrogens with one attached hydrogen (secondary N) is 3. The summed E-state index contributed by atoms with van der Waals surface area (Å²) in [7, 11) is 0. The Labute approximate surface area is 177 Å². The molecule has 0 unspecified atom stereocenters. The van der Waals surface area contributed by atoms with Crippen molar-refractivity contribution in [2.45, 2.75) is 20.0 Å². The highest BCUT2D eigenvalue weighted by molar-refractivity contribution is 9.10. The molecule has 0 atom stereocenters. The Morgan fingerprint density at radius 3 is 2.59 bits per heavy atom. The summed E-state index contributed by atoms with van der Waals surface area (Å²) in [5.41, 5.74) is 3.71. The van der Waals surface area contributed by atoms with E-state index in [0.29, 0.717) is 18.8 Å². The number of rotatable bonds is 7. The van der Waals surface area contributed by atoms with E-state index in [1.807, 2.05) is 66.3 Å². The summed E-state index contributed by atoms with van der Waals surface area (Å²) in [6.07, 6.45) is 3.62. The SMILES string of the molecule is Cc1cc(Br)ccc1NC(=O)CNC(=O)NCc1ccccc1Cn1cccn1. The number of anilines is 1. The maximum Gasteiger partial charge on any atom is 0.315 e. The lowest BCUT2D eigenvalue weighted by Crippen LogP contribution is -2.39. The van der Waals surface area contributed by atoms with Gasteiger partial charge in [0.05, 0.1) is 13.1 Å². The number of amides is 3. The van der Waals surface area contributed by atoms with Crippen molar-refractivity contribution >= 4 is 33.6 Å². The van der Waals surface area contributed by atoms with Gasteiger partial charge in [-0.05, 0) is 47.9 Å². The molecule has 3 aromatic rings. The molecule has 0 spiro atoms. The van der Waals surface area contributed by atoms with Crippen molar-refractivity contribution in [3.63, 3.8) is 0 Å². The molecule has 0 radical (unpaired) electrons. The zero-order chi connectivity index (χ0) is 20.6. The monoisotopic (exact) mass is 455 g/mol. The zero-order valence-electron chi connectivity index (χ0n) is 16.0. The number of benzene rings is 2. The highest BCUT2D eigenvalue weighted by Crippen LogP contribution is 2.19. The molecule has 0 aliphatic rings. The molecule has 0 aliphatic heterocycles. The van der Waals surface area contributed by atoms with Gasteiger partial charge in [0.1, 0.15) is 0 Å². The minimum Gasteiger partial charge on any atom is -0.334 e. The third kappa shape index (κ3) is 6.18. The van der Waals surface area contributed by atoms with E-state index >= 15 is 0 Å². The van der Waals surface area contributed by atoms with Crippen LogP contribution in [-0.2, 0) is 17.9 Å². The van der Waals surface area contributed by atoms with Crippen LogP contribution in [0.2, 0.25) is 0 Å². The fraction of sp³-hybridized carbons (Fsp3) is 0.190. The second-order valence-corrected chi connectivity index (χ2v) is 7.43. The Balaban J connectivity index is 1.47. The number of aromatic nitrogens is 2. The average Bonchev–Trinajstić information content (AvgIpc) is 3.21. The van der Waals surface area contributed by atoms with Crippen molar-refractivity contribution in [2.24, 2.45) is 0 Å². The van der Waals surface area contributed by atoms with Gasteiger partial charge in [-0.25, -0.2) is 4.79 Å². The van der Waals surface area contributed by atoms with E-state index in [2.05, 4.69) is 37.0 Å². The molecular formula is C21H22BrN5O2. The van der Waals surface area contributed by atoms with E-state index < -0.39 is 6.03 Å². The first kappa shape index (κ1) is 20.6. The standard InChI is InChI=1S/C21H22BrN5O2/c1-15-11-18(22)7-8-19(15)26-20(28)13-24-21(29)23-12-16-5-2-3-6-17(16)14-27-10-4-9-25-27/h2-11H,12-14H2,1H3,(H,26,28)(H2,23,24,29). The molecule has 0 fully saturated rings. The average molecular weight is 456 g/mol. The Morgan fingerprint density at radius 1 is 1.07 bits per heavy atom. The smallest absolute Gasteiger partial charge is 0.315 e. The van der Waals surface area contributed by atoms with Gasteiger partial charge in [0.25, 0.3) is 0 Å². The van der Waals surface area contributed by atoms with E-state index in [4.69, 9.17) is 0 Å². The van der Waals surface area contributed by atoms with Gasteiger partial charge in [-0.3, -0.25) is 9.48 Å². The van der Waals surface area contributed by atoms with E-state index in [9.17, 15) is 9.59 Å². The molecule has 3 amide bonds. The molecule has 0 saturated carbocycles. The van der Waals surface area contributed by atoms with Gasteiger partial charge < -0.3 is 16.0 Å². The summed E-state index contributed by atoms with van der Waals surface area (Å²) < 4.78 is 2.77. The molecule has 3 N–H and O–H groups in total. The lowest BCUT2D eigenvalue weighted by atomic mass is 10.1. The number of aryl methyl sites for hydroxylation is 1. The summed E-state index contributed by atoms with van der Waals surface area (Å²) in [5.74, 6) is -0.287.